The standard InChI is InChI=1S/C15H21ClN2OS/c1-2-3-4-5-6-10-14(19)18-15(20)17-13-9-7-8-12(16)11-13/h7-9,11H,2-6,10H2,1H3,(H2,17,18,19,20). The first-order valence-corrected chi connectivity index (χ1v) is 7.77. The van der Waals surface area contributed by atoms with Gasteiger partial charge in [0.05, 0.1) is 0 Å². The van der Waals surface area contributed by atoms with Crippen LogP contribution < -0.4 is 10.6 Å². The van der Waals surface area contributed by atoms with E-state index in [0.717, 1.165) is 18.5 Å². The lowest BCUT2D eigenvalue weighted by atomic mass is 10.1. The van der Waals surface area contributed by atoms with Crippen molar-refractivity contribution in [3.05, 3.63) is 29.3 Å². The summed E-state index contributed by atoms with van der Waals surface area (Å²) >= 11 is 11.0. The van der Waals surface area contributed by atoms with Gasteiger partial charge in [0, 0.05) is 17.1 Å². The summed E-state index contributed by atoms with van der Waals surface area (Å²) in [6.07, 6.45) is 6.15. The van der Waals surface area contributed by atoms with Crippen molar-refractivity contribution in [1.82, 2.24) is 5.32 Å². The van der Waals surface area contributed by atoms with Crippen LogP contribution in [0.5, 0.6) is 0 Å². The summed E-state index contributed by atoms with van der Waals surface area (Å²) in [4.78, 5) is 11.7. The zero-order valence-electron chi connectivity index (χ0n) is 11.7. The SMILES string of the molecule is CCCCCCCC(=O)NC(=S)Nc1cccc(Cl)c1. The van der Waals surface area contributed by atoms with Crippen LogP contribution in [-0.4, -0.2) is 11.0 Å². The average Bonchev–Trinajstić information content (AvgIpc) is 2.38. The zero-order valence-corrected chi connectivity index (χ0v) is 13.3. The van der Waals surface area contributed by atoms with Gasteiger partial charge in [-0.05, 0) is 36.8 Å². The fourth-order valence-corrected chi connectivity index (χ4v) is 2.23. The third-order valence-electron chi connectivity index (χ3n) is 2.84. The predicted molar refractivity (Wildman–Crippen MR) is 89.2 cm³/mol. The summed E-state index contributed by atoms with van der Waals surface area (Å²) in [5.41, 5.74) is 0.769. The molecule has 0 heterocycles. The number of carbonyl (C=O) groups is 1. The fraction of sp³-hybridized carbons (Fsp3) is 0.467. The third kappa shape index (κ3) is 7.46. The summed E-state index contributed by atoms with van der Waals surface area (Å²) in [6, 6.07) is 7.20. The van der Waals surface area contributed by atoms with Crippen molar-refractivity contribution < 1.29 is 4.79 Å². The maximum absolute atomic E-state index is 11.7. The molecule has 1 rings (SSSR count). The summed E-state index contributed by atoms with van der Waals surface area (Å²) in [7, 11) is 0. The maximum atomic E-state index is 11.7. The van der Waals surface area contributed by atoms with Crippen LogP contribution in [0.4, 0.5) is 5.69 Å². The van der Waals surface area contributed by atoms with Gasteiger partial charge in [-0.1, -0.05) is 50.3 Å². The molecule has 0 bridgehead atoms. The Labute approximate surface area is 131 Å². The molecule has 1 aromatic carbocycles. The second-order valence-corrected chi connectivity index (χ2v) is 5.52. The van der Waals surface area contributed by atoms with Crippen LogP contribution in [0.25, 0.3) is 0 Å². The van der Waals surface area contributed by atoms with E-state index in [-0.39, 0.29) is 5.91 Å². The molecule has 0 spiro atoms. The van der Waals surface area contributed by atoms with Crippen molar-refractivity contribution in [2.24, 2.45) is 0 Å². The largest absolute Gasteiger partial charge is 0.332 e. The molecule has 0 radical (unpaired) electrons. The van der Waals surface area contributed by atoms with Crippen molar-refractivity contribution in [3.8, 4) is 0 Å². The molecule has 110 valence electrons. The molecule has 5 heteroatoms. The number of benzene rings is 1. The monoisotopic (exact) mass is 312 g/mol. The highest BCUT2D eigenvalue weighted by molar-refractivity contribution is 7.80. The van der Waals surface area contributed by atoms with E-state index in [1.54, 1.807) is 12.1 Å². The number of rotatable bonds is 7. The van der Waals surface area contributed by atoms with Gasteiger partial charge in [0.25, 0.3) is 0 Å². The number of anilines is 1. The molecule has 1 aromatic rings. The van der Waals surface area contributed by atoms with E-state index < -0.39 is 0 Å². The van der Waals surface area contributed by atoms with E-state index in [9.17, 15) is 4.79 Å². The van der Waals surface area contributed by atoms with Gasteiger partial charge in [-0.2, -0.15) is 0 Å². The normalized spacial score (nSPS) is 10.1. The Morgan fingerprint density at radius 2 is 2.00 bits per heavy atom. The van der Waals surface area contributed by atoms with E-state index in [4.69, 9.17) is 23.8 Å². The molecule has 0 aromatic heterocycles. The van der Waals surface area contributed by atoms with Gasteiger partial charge in [0.1, 0.15) is 0 Å². The second-order valence-electron chi connectivity index (χ2n) is 4.68. The van der Waals surface area contributed by atoms with Gasteiger partial charge < -0.3 is 10.6 Å². The van der Waals surface area contributed by atoms with E-state index >= 15 is 0 Å². The number of thiocarbonyl (C=S) groups is 1. The van der Waals surface area contributed by atoms with Crippen LogP contribution in [-0.2, 0) is 4.79 Å². The molecule has 0 aliphatic rings. The van der Waals surface area contributed by atoms with E-state index in [2.05, 4.69) is 17.6 Å². The highest BCUT2D eigenvalue weighted by Crippen LogP contribution is 2.14. The molecule has 0 unspecified atom stereocenters. The van der Waals surface area contributed by atoms with Gasteiger partial charge in [0.2, 0.25) is 5.91 Å². The highest BCUT2D eigenvalue weighted by Gasteiger charge is 2.04. The molecule has 0 saturated carbocycles. The lowest BCUT2D eigenvalue weighted by Crippen LogP contribution is -2.33. The number of carbonyl (C=O) groups excluding carboxylic acids is 1. The van der Waals surface area contributed by atoms with Crippen LogP contribution >= 0.6 is 23.8 Å². The molecule has 1 amide bonds. The number of amides is 1. The molecule has 2 N–H and O–H groups in total. The first kappa shape index (κ1) is 16.9. The van der Waals surface area contributed by atoms with Crippen LogP contribution in [0, 0.1) is 0 Å². The average molecular weight is 313 g/mol. The predicted octanol–water partition coefficient (Wildman–Crippen LogP) is 4.51. The molecular weight excluding hydrogens is 292 g/mol. The number of hydrogen-bond acceptors (Lipinski definition) is 2. The first-order chi connectivity index (χ1) is 9.61. The van der Waals surface area contributed by atoms with Gasteiger partial charge >= 0.3 is 0 Å². The smallest absolute Gasteiger partial charge is 0.226 e. The van der Waals surface area contributed by atoms with Crippen molar-refractivity contribution in [1.29, 1.82) is 0 Å². The maximum Gasteiger partial charge on any atom is 0.226 e. The quantitative estimate of drug-likeness (QED) is 0.575. The van der Waals surface area contributed by atoms with Gasteiger partial charge in [0.15, 0.2) is 5.11 Å². The van der Waals surface area contributed by atoms with Crippen molar-refractivity contribution in [2.75, 3.05) is 5.32 Å². The molecule has 20 heavy (non-hydrogen) atoms. The number of halogens is 1. The highest BCUT2D eigenvalue weighted by atomic mass is 35.5. The summed E-state index contributed by atoms with van der Waals surface area (Å²) in [6.45, 7) is 2.17. The number of hydrogen-bond donors (Lipinski definition) is 2. The van der Waals surface area contributed by atoms with E-state index in [1.165, 1.54) is 19.3 Å². The molecule has 0 aliphatic heterocycles. The van der Waals surface area contributed by atoms with Crippen molar-refractivity contribution >= 4 is 40.5 Å². The Bertz CT molecular complexity index is 451. The van der Waals surface area contributed by atoms with Crippen molar-refractivity contribution in [3.63, 3.8) is 0 Å². The summed E-state index contributed by atoms with van der Waals surface area (Å²) in [5.74, 6) is -0.0407. The van der Waals surface area contributed by atoms with Crippen LogP contribution in [0.2, 0.25) is 5.02 Å². The fourth-order valence-electron chi connectivity index (χ4n) is 1.81. The number of nitrogens with one attached hydrogen (secondary N) is 2. The lowest BCUT2D eigenvalue weighted by molar-refractivity contribution is -0.119. The van der Waals surface area contributed by atoms with Crippen LogP contribution in [0.1, 0.15) is 45.4 Å². The molecular formula is C15H21ClN2OS. The Kier molecular flexibility index (Phi) is 8.23. The first-order valence-electron chi connectivity index (χ1n) is 6.98. The minimum absolute atomic E-state index is 0.0407. The van der Waals surface area contributed by atoms with Crippen LogP contribution in [0.15, 0.2) is 24.3 Å². The topological polar surface area (TPSA) is 41.1 Å². The van der Waals surface area contributed by atoms with Crippen LogP contribution in [0.3, 0.4) is 0 Å². The number of unbranched alkanes of at least 4 members (excludes halogenated alkanes) is 4. The Morgan fingerprint density at radius 1 is 1.25 bits per heavy atom. The summed E-state index contributed by atoms with van der Waals surface area (Å²) < 4.78 is 0. The van der Waals surface area contributed by atoms with Crippen molar-refractivity contribution in [2.45, 2.75) is 45.4 Å². The van der Waals surface area contributed by atoms with E-state index in [1.807, 2.05) is 12.1 Å². The minimum atomic E-state index is -0.0407. The van der Waals surface area contributed by atoms with Gasteiger partial charge in [-0.15, -0.1) is 0 Å². The Balaban J connectivity index is 2.23. The Hall–Kier alpha value is -1.13. The molecule has 0 fully saturated rings. The summed E-state index contributed by atoms with van der Waals surface area (Å²) in [5, 5.41) is 6.55. The van der Waals surface area contributed by atoms with E-state index in [0.29, 0.717) is 16.6 Å². The molecule has 0 aliphatic carbocycles. The van der Waals surface area contributed by atoms with Gasteiger partial charge in [-0.25, -0.2) is 0 Å². The molecule has 3 nitrogen and oxygen atoms in total. The second kappa shape index (κ2) is 9.72. The van der Waals surface area contributed by atoms with Gasteiger partial charge in [-0.3, -0.25) is 4.79 Å². The molecule has 0 saturated heterocycles. The Morgan fingerprint density at radius 3 is 2.70 bits per heavy atom. The minimum Gasteiger partial charge on any atom is -0.332 e. The zero-order chi connectivity index (χ0) is 14.8. The lowest BCUT2D eigenvalue weighted by Gasteiger charge is -2.09. The third-order valence-corrected chi connectivity index (χ3v) is 3.28. The molecule has 0 atom stereocenters.